The second-order valence-corrected chi connectivity index (χ2v) is 9.50. The van der Waals surface area contributed by atoms with Crippen molar-refractivity contribution in [1.29, 1.82) is 0 Å². The zero-order valence-corrected chi connectivity index (χ0v) is 31.8. The quantitative estimate of drug-likeness (QED) is 0.0466. The van der Waals surface area contributed by atoms with Crippen molar-refractivity contribution in [3.63, 3.8) is 0 Å². The van der Waals surface area contributed by atoms with Gasteiger partial charge in [-0.1, -0.05) is 51.5 Å². The normalized spacial score (nSPS) is 7.69. The first-order valence-electron chi connectivity index (χ1n) is 15.5. The second-order valence-electron chi connectivity index (χ2n) is 9.50. The standard InChI is InChI=1S/C10H16N2O4.C6H12N2O2.C6H10O3.C4H6O4.C3H6O3.C2H6O.6CH4/c1-7(13)11(8(2)14)5-6-12(9(3)15)10(4)16;1-5(9)7-3-4-8-6(2)10;1-3-9-6(8)4-5(2)7;1-3(5)2-4(6)8-7;1-2-3(4)6-5;1-2-3;;;;;;/h5-6H2,1-4H3;3-4H2,1-2H3,(H,7,9)(H,8,10);3-4H2,1-2H3;7H,2H2,1H3;5H,2H2,1H3;3H,2H2,1H3;6*1H4. The van der Waals surface area contributed by atoms with Crippen LogP contribution in [0.15, 0.2) is 0 Å². The lowest BCUT2D eigenvalue weighted by Gasteiger charge is -2.22. The Morgan fingerprint density at radius 1 is 0.483 bits per heavy atom. The molecule has 0 aromatic rings. The zero-order chi connectivity index (χ0) is 42.4. The fourth-order valence-corrected chi connectivity index (χ4v) is 2.47. The minimum Gasteiger partial charge on any atom is -0.466 e. The molecule has 0 rings (SSSR count). The summed E-state index contributed by atoms with van der Waals surface area (Å²) in [6, 6.07) is 0. The van der Waals surface area contributed by atoms with Crippen molar-refractivity contribution in [2.75, 3.05) is 39.4 Å². The molecule has 0 aromatic heterocycles. The lowest BCUT2D eigenvalue weighted by Crippen LogP contribution is -2.43. The van der Waals surface area contributed by atoms with Crippen LogP contribution in [0.4, 0.5) is 0 Å². The largest absolute Gasteiger partial charge is 0.466 e. The van der Waals surface area contributed by atoms with E-state index in [0.29, 0.717) is 19.7 Å². The predicted octanol–water partition coefficient (Wildman–Crippen LogP) is 3.77. The van der Waals surface area contributed by atoms with Crippen LogP contribution in [0.1, 0.15) is 140 Å². The third-order valence-corrected chi connectivity index (χ3v) is 4.52. The smallest absolute Gasteiger partial charge is 0.349 e. The Labute approximate surface area is 347 Å². The van der Waals surface area contributed by atoms with E-state index in [1.165, 1.54) is 55.4 Å². The first-order valence-corrected chi connectivity index (χ1v) is 15.5. The van der Waals surface area contributed by atoms with Gasteiger partial charge in [-0.3, -0.25) is 53.0 Å². The predicted molar refractivity (Wildman–Crippen MR) is 222 cm³/mol. The van der Waals surface area contributed by atoms with E-state index in [2.05, 4.69) is 25.1 Å². The van der Waals surface area contributed by atoms with Crippen LogP contribution in [-0.2, 0) is 67.3 Å². The van der Waals surface area contributed by atoms with Crippen molar-refractivity contribution in [3.05, 3.63) is 0 Å². The number of carbonyl (C=O) groups excluding carboxylic acids is 11. The molecule has 0 radical (unpaired) electrons. The molecule has 0 fully saturated rings. The molecule has 5 N–H and O–H groups in total. The topological polar surface area (TPSA) is 307 Å². The second kappa shape index (κ2) is 58.6. The van der Waals surface area contributed by atoms with Crippen LogP contribution in [0.2, 0.25) is 0 Å². The molecule has 0 aliphatic heterocycles. The maximum Gasteiger partial charge on any atom is 0.349 e. The summed E-state index contributed by atoms with van der Waals surface area (Å²) < 4.78 is 4.49. The van der Waals surface area contributed by atoms with Gasteiger partial charge in [0.25, 0.3) is 0 Å². The molecule has 58 heavy (non-hydrogen) atoms. The molecular weight excluding hydrogens is 772 g/mol. The highest BCUT2D eigenvalue weighted by Gasteiger charge is 2.18. The summed E-state index contributed by atoms with van der Waals surface area (Å²) in [4.78, 5) is 123. The lowest BCUT2D eigenvalue weighted by molar-refractivity contribution is -0.234. The maximum atomic E-state index is 11.1. The summed E-state index contributed by atoms with van der Waals surface area (Å²) >= 11 is 0. The van der Waals surface area contributed by atoms with Crippen LogP contribution in [0, 0.1) is 0 Å². The Balaban J connectivity index is -0.0000000451. The number of imide groups is 2. The Kier molecular flexibility index (Phi) is 86.0. The summed E-state index contributed by atoms with van der Waals surface area (Å²) in [5.41, 5.74) is 0. The first-order chi connectivity index (χ1) is 23.9. The van der Waals surface area contributed by atoms with Gasteiger partial charge in [-0.2, -0.15) is 10.5 Å². The average molecular weight is 853 g/mol. The van der Waals surface area contributed by atoms with Crippen molar-refractivity contribution in [2.45, 2.75) is 140 Å². The van der Waals surface area contributed by atoms with Gasteiger partial charge in [-0.05, 0) is 27.7 Å². The van der Waals surface area contributed by atoms with Gasteiger partial charge in [0.15, 0.2) is 0 Å². The number of carbonyl (C=O) groups is 11. The number of hydrogen-bond acceptors (Lipinski definition) is 17. The number of aliphatic hydroxyl groups is 1. The van der Waals surface area contributed by atoms with Crippen molar-refractivity contribution in [3.8, 4) is 0 Å². The number of aliphatic hydroxyl groups excluding tert-OH is 1. The number of ketones is 2. The molecule has 21 nitrogen and oxygen atoms in total. The summed E-state index contributed by atoms with van der Waals surface area (Å²) in [5.74, 6) is -4.22. The number of nitrogens with zero attached hydrogens (tertiary/aromatic N) is 2. The molecular formula is C37H80N4O17. The van der Waals surface area contributed by atoms with Gasteiger partial charge < -0.3 is 30.3 Å². The molecule has 0 aromatic carbocycles. The minimum atomic E-state index is -0.919. The van der Waals surface area contributed by atoms with E-state index in [4.69, 9.17) is 15.6 Å². The number of esters is 1. The minimum absolute atomic E-state index is 0. The van der Waals surface area contributed by atoms with Crippen LogP contribution in [0.25, 0.3) is 0 Å². The summed E-state index contributed by atoms with van der Waals surface area (Å²) in [5, 5.41) is 27.7. The monoisotopic (exact) mass is 853 g/mol. The van der Waals surface area contributed by atoms with E-state index in [9.17, 15) is 52.7 Å². The molecule has 0 aliphatic rings. The van der Waals surface area contributed by atoms with E-state index in [1.54, 1.807) is 20.8 Å². The fourth-order valence-electron chi connectivity index (χ4n) is 2.47. The van der Waals surface area contributed by atoms with Gasteiger partial charge in [0.2, 0.25) is 35.4 Å². The maximum absolute atomic E-state index is 11.1. The van der Waals surface area contributed by atoms with Crippen molar-refractivity contribution in [1.82, 2.24) is 20.4 Å². The highest BCUT2D eigenvalue weighted by atomic mass is 17.1. The molecule has 0 spiro atoms. The number of nitrogens with one attached hydrogen (secondary N) is 2. The summed E-state index contributed by atoms with van der Waals surface area (Å²) in [6.07, 6.45) is -0.249. The van der Waals surface area contributed by atoms with Crippen LogP contribution in [-0.4, -0.2) is 130 Å². The van der Waals surface area contributed by atoms with E-state index < -0.39 is 41.5 Å². The number of rotatable bonds is 12. The molecule has 0 heterocycles. The van der Waals surface area contributed by atoms with Gasteiger partial charge in [-0.15, -0.1) is 0 Å². The first kappa shape index (κ1) is 85.1. The molecule has 6 amide bonds. The number of hydrogen-bond donors (Lipinski definition) is 5. The van der Waals surface area contributed by atoms with Crippen LogP contribution in [0.3, 0.4) is 0 Å². The third kappa shape index (κ3) is 79.6. The Hall–Kier alpha value is -5.15. The zero-order valence-electron chi connectivity index (χ0n) is 31.8. The van der Waals surface area contributed by atoms with E-state index >= 15 is 0 Å². The highest BCUT2D eigenvalue weighted by Crippen LogP contribution is 1.96. The van der Waals surface area contributed by atoms with Crippen molar-refractivity contribution >= 4 is 64.9 Å². The highest BCUT2D eigenvalue weighted by molar-refractivity contribution is 5.95. The van der Waals surface area contributed by atoms with Gasteiger partial charge in [-0.25, -0.2) is 9.59 Å². The van der Waals surface area contributed by atoms with Gasteiger partial charge in [0.05, 0.1) is 6.61 Å². The molecule has 21 heteroatoms. The lowest BCUT2D eigenvalue weighted by atomic mass is 10.3. The molecule has 0 unspecified atom stereocenters. The van der Waals surface area contributed by atoms with Crippen LogP contribution >= 0.6 is 0 Å². The molecule has 350 valence electrons. The van der Waals surface area contributed by atoms with Gasteiger partial charge in [0, 0.05) is 80.7 Å². The number of Topliss-reactive ketones (excluding diaryl/α,β-unsaturated/α-hetero) is 2. The Bertz CT molecular complexity index is 1050. The number of amides is 6. The molecule has 0 bridgehead atoms. The molecule has 0 saturated carbocycles. The van der Waals surface area contributed by atoms with E-state index in [0.717, 1.165) is 9.80 Å². The molecule has 0 aliphatic carbocycles. The Morgan fingerprint density at radius 2 is 0.741 bits per heavy atom. The van der Waals surface area contributed by atoms with E-state index in [-0.39, 0.29) is 107 Å². The van der Waals surface area contributed by atoms with E-state index in [1.807, 2.05) is 0 Å². The summed E-state index contributed by atoms with van der Waals surface area (Å²) in [7, 11) is 0. The molecule has 0 saturated heterocycles. The van der Waals surface area contributed by atoms with Crippen molar-refractivity contribution in [2.24, 2.45) is 0 Å². The summed E-state index contributed by atoms with van der Waals surface area (Å²) in [6.45, 7) is 17.1. The fraction of sp³-hybridized carbons (Fsp3) is 0.703. The molecule has 0 atom stereocenters. The van der Waals surface area contributed by atoms with Gasteiger partial charge >= 0.3 is 17.9 Å². The van der Waals surface area contributed by atoms with Crippen LogP contribution < -0.4 is 10.6 Å². The van der Waals surface area contributed by atoms with Gasteiger partial charge in [0.1, 0.15) is 24.4 Å². The number of ether oxygens (including phenoxy) is 1. The Morgan fingerprint density at radius 3 is 0.879 bits per heavy atom. The van der Waals surface area contributed by atoms with Crippen LogP contribution in [0.5, 0.6) is 0 Å². The van der Waals surface area contributed by atoms with Crippen molar-refractivity contribution < 1.29 is 82.9 Å². The third-order valence-electron chi connectivity index (χ3n) is 4.52. The average Bonchev–Trinajstić information content (AvgIpc) is 3.01. The SMILES string of the molecule is C.C.C.C.C.C.CC(=O)CC(=O)OO.CC(=O)N(CCN(C(C)=O)C(C)=O)C(C)=O.CC(=O)NCCNC(C)=O.CCC(=O)OO.CCO.CCOC(=O)CC(C)=O.